The number of fused-ring (bicyclic) bond motifs is 1. The third kappa shape index (κ3) is 2.26. The number of phenolic OH excluding ortho intramolecular Hbond substituents is 1. The Morgan fingerprint density at radius 2 is 1.95 bits per heavy atom. The molecule has 2 aromatic carbocycles. The highest BCUT2D eigenvalue weighted by Gasteiger charge is 2.29. The second-order valence-electron chi connectivity index (χ2n) is 4.30. The maximum atomic E-state index is 12.2. The van der Waals surface area contributed by atoms with Crippen LogP contribution in [0, 0.1) is 0 Å². The Balaban J connectivity index is 2.04. The zero-order chi connectivity index (χ0) is 14.3. The topological polar surface area (TPSA) is 46.5 Å². The Labute approximate surface area is 125 Å². The Morgan fingerprint density at radius 1 is 1.15 bits per heavy atom. The first kappa shape index (κ1) is 13.0. The summed E-state index contributed by atoms with van der Waals surface area (Å²) >= 11 is 11.9. The van der Waals surface area contributed by atoms with Crippen LogP contribution in [0.5, 0.6) is 11.5 Å². The maximum absolute atomic E-state index is 12.2. The number of hydrogen-bond donors (Lipinski definition) is 1. The van der Waals surface area contributed by atoms with Gasteiger partial charge in [0.2, 0.25) is 5.78 Å². The van der Waals surface area contributed by atoms with E-state index in [1.54, 1.807) is 24.3 Å². The summed E-state index contributed by atoms with van der Waals surface area (Å²) in [5, 5.41) is 10.1. The number of benzene rings is 2. The number of carbonyl (C=O) groups is 1. The van der Waals surface area contributed by atoms with Crippen molar-refractivity contribution in [2.24, 2.45) is 0 Å². The predicted molar refractivity (Wildman–Crippen MR) is 77.5 cm³/mol. The summed E-state index contributed by atoms with van der Waals surface area (Å²) < 4.78 is 5.49. The minimum atomic E-state index is -0.284. The van der Waals surface area contributed by atoms with Crippen molar-refractivity contribution in [1.29, 1.82) is 0 Å². The molecule has 0 saturated carbocycles. The highest BCUT2D eigenvalue weighted by atomic mass is 35.5. The average molecular weight is 307 g/mol. The average Bonchev–Trinajstić information content (AvgIpc) is 2.68. The van der Waals surface area contributed by atoms with E-state index in [1.165, 1.54) is 18.2 Å². The molecule has 0 amide bonds. The fourth-order valence-corrected chi connectivity index (χ4v) is 2.51. The molecule has 0 aliphatic carbocycles. The third-order valence-corrected chi connectivity index (χ3v) is 3.36. The number of aromatic hydroxyl groups is 1. The van der Waals surface area contributed by atoms with E-state index in [-0.39, 0.29) is 17.3 Å². The van der Waals surface area contributed by atoms with E-state index in [0.29, 0.717) is 26.9 Å². The van der Waals surface area contributed by atoms with Crippen LogP contribution in [-0.4, -0.2) is 10.9 Å². The maximum Gasteiger partial charge on any atom is 0.232 e. The van der Waals surface area contributed by atoms with Crippen molar-refractivity contribution >= 4 is 35.1 Å². The first-order chi connectivity index (χ1) is 9.54. The zero-order valence-corrected chi connectivity index (χ0v) is 11.6. The molecule has 2 aromatic rings. The molecule has 0 spiro atoms. The first-order valence-corrected chi connectivity index (χ1v) is 6.52. The number of Topliss-reactive ketones (excluding diaryl/α,β-unsaturated/α-hetero) is 1. The molecular weight excluding hydrogens is 299 g/mol. The summed E-state index contributed by atoms with van der Waals surface area (Å²) in [6, 6.07) is 9.55. The number of carbonyl (C=O) groups excluding carboxylic acids is 1. The second-order valence-corrected chi connectivity index (χ2v) is 5.14. The van der Waals surface area contributed by atoms with Gasteiger partial charge in [-0.3, -0.25) is 4.79 Å². The summed E-state index contributed by atoms with van der Waals surface area (Å²) in [6.45, 7) is 0. The number of ether oxygens (including phenoxy) is 1. The van der Waals surface area contributed by atoms with Gasteiger partial charge in [0.15, 0.2) is 11.5 Å². The summed E-state index contributed by atoms with van der Waals surface area (Å²) in [7, 11) is 0. The Morgan fingerprint density at radius 3 is 2.70 bits per heavy atom. The molecule has 0 fully saturated rings. The number of ketones is 1. The minimum Gasteiger partial charge on any atom is -0.508 e. The molecule has 100 valence electrons. The molecule has 0 aromatic heterocycles. The molecule has 0 unspecified atom stereocenters. The molecule has 3 nitrogen and oxygen atoms in total. The van der Waals surface area contributed by atoms with E-state index in [2.05, 4.69) is 0 Å². The van der Waals surface area contributed by atoms with Crippen LogP contribution >= 0.6 is 23.2 Å². The van der Waals surface area contributed by atoms with Crippen LogP contribution in [0.1, 0.15) is 15.9 Å². The van der Waals surface area contributed by atoms with Gasteiger partial charge in [0.1, 0.15) is 5.75 Å². The van der Waals surface area contributed by atoms with Crippen molar-refractivity contribution in [2.45, 2.75) is 0 Å². The van der Waals surface area contributed by atoms with Crippen LogP contribution in [0.3, 0.4) is 0 Å². The largest absolute Gasteiger partial charge is 0.508 e. The molecule has 1 heterocycles. The van der Waals surface area contributed by atoms with Gasteiger partial charge in [-0.1, -0.05) is 35.3 Å². The number of phenols is 1. The molecule has 0 atom stereocenters. The molecule has 1 N–H and O–H groups in total. The highest BCUT2D eigenvalue weighted by molar-refractivity contribution is 6.37. The zero-order valence-electron chi connectivity index (χ0n) is 10.1. The molecule has 1 aliphatic heterocycles. The van der Waals surface area contributed by atoms with Crippen LogP contribution in [0.4, 0.5) is 0 Å². The number of hydrogen-bond acceptors (Lipinski definition) is 3. The quantitative estimate of drug-likeness (QED) is 0.798. The van der Waals surface area contributed by atoms with Crippen molar-refractivity contribution in [2.75, 3.05) is 0 Å². The summed E-state index contributed by atoms with van der Waals surface area (Å²) in [5.41, 5.74) is 0.997. The molecule has 0 radical (unpaired) electrons. The molecule has 1 aliphatic rings. The van der Waals surface area contributed by atoms with Gasteiger partial charge in [0, 0.05) is 5.02 Å². The normalized spacial score (nSPS) is 15.3. The van der Waals surface area contributed by atoms with Crippen LogP contribution in [-0.2, 0) is 0 Å². The van der Waals surface area contributed by atoms with Crippen molar-refractivity contribution in [3.8, 4) is 11.5 Å². The molecular formula is C15H8Cl2O3. The van der Waals surface area contributed by atoms with Crippen molar-refractivity contribution in [3.05, 3.63) is 63.3 Å². The lowest BCUT2D eigenvalue weighted by atomic mass is 10.1. The van der Waals surface area contributed by atoms with Gasteiger partial charge in [0.05, 0.1) is 10.6 Å². The lowest BCUT2D eigenvalue weighted by Crippen LogP contribution is -1.97. The fraction of sp³-hybridized carbons (Fsp3) is 0. The highest BCUT2D eigenvalue weighted by Crippen LogP contribution is 2.40. The molecule has 0 bridgehead atoms. The standard InChI is InChI=1S/C15H8Cl2O3/c16-9-6-11-14(19)13(20-15(11)12(17)7-9)5-8-2-1-3-10(18)4-8/h1-7,18H. The van der Waals surface area contributed by atoms with E-state index >= 15 is 0 Å². The van der Waals surface area contributed by atoms with Crippen LogP contribution in [0.2, 0.25) is 10.0 Å². The van der Waals surface area contributed by atoms with E-state index in [4.69, 9.17) is 27.9 Å². The summed E-state index contributed by atoms with van der Waals surface area (Å²) in [5.74, 6) is 0.290. The van der Waals surface area contributed by atoms with Crippen LogP contribution in [0.25, 0.3) is 6.08 Å². The number of rotatable bonds is 1. The monoisotopic (exact) mass is 306 g/mol. The van der Waals surface area contributed by atoms with Gasteiger partial charge in [-0.25, -0.2) is 0 Å². The van der Waals surface area contributed by atoms with E-state index in [1.807, 2.05) is 0 Å². The van der Waals surface area contributed by atoms with Gasteiger partial charge in [-0.2, -0.15) is 0 Å². The predicted octanol–water partition coefficient (Wildman–Crippen LogP) is 4.32. The van der Waals surface area contributed by atoms with E-state index in [0.717, 1.165) is 0 Å². The summed E-state index contributed by atoms with van der Waals surface area (Å²) in [4.78, 5) is 12.2. The van der Waals surface area contributed by atoms with Gasteiger partial charge >= 0.3 is 0 Å². The van der Waals surface area contributed by atoms with Gasteiger partial charge in [0.25, 0.3) is 0 Å². The Kier molecular flexibility index (Phi) is 3.16. The second kappa shape index (κ2) is 4.85. The SMILES string of the molecule is O=C1C(=Cc2cccc(O)c2)Oc2c(Cl)cc(Cl)cc21. The van der Waals surface area contributed by atoms with Crippen molar-refractivity contribution in [1.82, 2.24) is 0 Å². The van der Waals surface area contributed by atoms with Crippen LogP contribution < -0.4 is 4.74 Å². The smallest absolute Gasteiger partial charge is 0.232 e. The fourth-order valence-electron chi connectivity index (χ4n) is 1.98. The summed E-state index contributed by atoms with van der Waals surface area (Å²) in [6.07, 6.45) is 1.55. The molecule has 5 heteroatoms. The minimum absolute atomic E-state index is 0.114. The molecule has 20 heavy (non-hydrogen) atoms. The van der Waals surface area contributed by atoms with Crippen molar-refractivity contribution < 1.29 is 14.6 Å². The molecule has 0 saturated heterocycles. The lowest BCUT2D eigenvalue weighted by Gasteiger charge is -2.01. The van der Waals surface area contributed by atoms with Gasteiger partial charge in [-0.15, -0.1) is 0 Å². The van der Waals surface area contributed by atoms with Gasteiger partial charge in [-0.05, 0) is 35.9 Å². The molecule has 3 rings (SSSR count). The first-order valence-electron chi connectivity index (χ1n) is 5.77. The third-order valence-electron chi connectivity index (χ3n) is 2.86. The van der Waals surface area contributed by atoms with E-state index in [9.17, 15) is 9.90 Å². The van der Waals surface area contributed by atoms with Crippen molar-refractivity contribution in [3.63, 3.8) is 0 Å². The number of halogens is 2. The van der Waals surface area contributed by atoms with E-state index < -0.39 is 0 Å². The Hall–Kier alpha value is -1.97. The van der Waals surface area contributed by atoms with Gasteiger partial charge < -0.3 is 9.84 Å². The Bertz CT molecular complexity index is 751. The van der Waals surface area contributed by atoms with Crippen LogP contribution in [0.15, 0.2) is 42.2 Å². The lowest BCUT2D eigenvalue weighted by molar-refractivity contribution is 0.101. The number of allylic oxidation sites excluding steroid dienone is 1.